The summed E-state index contributed by atoms with van der Waals surface area (Å²) in [6.07, 6.45) is 4.41. The molecular weight excluding hydrogens is 328 g/mol. The van der Waals surface area contributed by atoms with E-state index in [9.17, 15) is 4.79 Å². The zero-order valence-corrected chi connectivity index (χ0v) is 13.7. The van der Waals surface area contributed by atoms with Crippen LogP contribution in [0, 0.1) is 0 Å². The van der Waals surface area contributed by atoms with Gasteiger partial charge < -0.3 is 15.4 Å². The standard InChI is InChI=1S/C17H17ClN4O2/c1-2-17(23)22-3-4-24-10-15(22)12-5-11(6-13(18)7-12)14-8-20-9-16(19)21-14/h2,5-9,15H,1,3-4,10H2,(H2,19,21). The minimum Gasteiger partial charge on any atom is -0.382 e. The number of carbonyl (C=O) groups excluding carboxylic acids is 1. The normalized spacial score (nSPS) is 17.5. The topological polar surface area (TPSA) is 81.3 Å². The zero-order chi connectivity index (χ0) is 17.1. The molecule has 124 valence electrons. The van der Waals surface area contributed by atoms with Crippen LogP contribution in [0.2, 0.25) is 5.02 Å². The number of morpholine rings is 1. The number of nitrogens with zero attached hydrogens (tertiary/aromatic N) is 3. The second-order valence-electron chi connectivity index (χ2n) is 5.43. The van der Waals surface area contributed by atoms with E-state index in [1.807, 2.05) is 12.1 Å². The predicted octanol–water partition coefficient (Wildman–Crippen LogP) is 2.47. The first-order valence-corrected chi connectivity index (χ1v) is 7.85. The molecule has 0 aliphatic carbocycles. The summed E-state index contributed by atoms with van der Waals surface area (Å²) in [5, 5.41) is 0.545. The molecule has 3 rings (SSSR count). The molecule has 2 heterocycles. The van der Waals surface area contributed by atoms with E-state index >= 15 is 0 Å². The number of halogens is 1. The van der Waals surface area contributed by atoms with E-state index in [4.69, 9.17) is 22.1 Å². The van der Waals surface area contributed by atoms with Gasteiger partial charge in [-0.25, -0.2) is 4.98 Å². The Morgan fingerprint density at radius 2 is 2.25 bits per heavy atom. The number of nitrogen functional groups attached to an aromatic ring is 1. The molecule has 7 heteroatoms. The Kier molecular flexibility index (Phi) is 4.78. The summed E-state index contributed by atoms with van der Waals surface area (Å²) in [7, 11) is 0. The second-order valence-corrected chi connectivity index (χ2v) is 5.87. The highest BCUT2D eigenvalue weighted by atomic mass is 35.5. The molecule has 1 fully saturated rings. The van der Waals surface area contributed by atoms with Crippen LogP contribution >= 0.6 is 11.6 Å². The van der Waals surface area contributed by atoms with E-state index in [2.05, 4.69) is 16.5 Å². The Labute approximate surface area is 144 Å². The summed E-state index contributed by atoms with van der Waals surface area (Å²) in [6.45, 7) is 4.98. The molecule has 1 aromatic carbocycles. The number of nitrogens with two attached hydrogens (primary N) is 1. The lowest BCUT2D eigenvalue weighted by Gasteiger charge is -2.35. The smallest absolute Gasteiger partial charge is 0.246 e. The molecule has 0 spiro atoms. The maximum absolute atomic E-state index is 12.1. The number of ether oxygens (including phenoxy) is 1. The fourth-order valence-electron chi connectivity index (χ4n) is 2.73. The van der Waals surface area contributed by atoms with Crippen LogP contribution in [0.4, 0.5) is 5.82 Å². The van der Waals surface area contributed by atoms with Crippen molar-refractivity contribution in [2.75, 3.05) is 25.5 Å². The van der Waals surface area contributed by atoms with Crippen molar-refractivity contribution in [2.45, 2.75) is 6.04 Å². The maximum atomic E-state index is 12.1. The lowest BCUT2D eigenvalue weighted by Crippen LogP contribution is -2.42. The molecule has 1 aliphatic rings. The van der Waals surface area contributed by atoms with Crippen molar-refractivity contribution in [1.82, 2.24) is 14.9 Å². The minimum absolute atomic E-state index is 0.131. The van der Waals surface area contributed by atoms with E-state index in [1.165, 1.54) is 12.3 Å². The van der Waals surface area contributed by atoms with Gasteiger partial charge in [-0.3, -0.25) is 9.78 Å². The third-order valence-electron chi connectivity index (χ3n) is 3.84. The van der Waals surface area contributed by atoms with Crippen LogP contribution in [-0.2, 0) is 9.53 Å². The van der Waals surface area contributed by atoms with E-state index in [-0.39, 0.29) is 11.9 Å². The van der Waals surface area contributed by atoms with E-state index in [1.54, 1.807) is 17.2 Å². The Balaban J connectivity index is 2.01. The van der Waals surface area contributed by atoms with Gasteiger partial charge in [0.2, 0.25) is 5.91 Å². The average molecular weight is 345 g/mol. The third-order valence-corrected chi connectivity index (χ3v) is 4.06. The first kappa shape index (κ1) is 16.4. The summed E-state index contributed by atoms with van der Waals surface area (Å²) < 4.78 is 5.55. The van der Waals surface area contributed by atoms with Crippen LogP contribution in [0.3, 0.4) is 0 Å². The van der Waals surface area contributed by atoms with Crippen LogP contribution in [-0.4, -0.2) is 40.5 Å². The maximum Gasteiger partial charge on any atom is 0.246 e. The highest BCUT2D eigenvalue weighted by Crippen LogP contribution is 2.31. The predicted molar refractivity (Wildman–Crippen MR) is 92.4 cm³/mol. The molecule has 6 nitrogen and oxygen atoms in total. The fourth-order valence-corrected chi connectivity index (χ4v) is 2.98. The molecule has 2 aromatic rings. The molecule has 0 bridgehead atoms. The summed E-state index contributed by atoms with van der Waals surface area (Å²) in [6, 6.07) is 5.32. The van der Waals surface area contributed by atoms with Gasteiger partial charge in [-0.05, 0) is 29.8 Å². The number of benzene rings is 1. The molecule has 1 atom stereocenters. The van der Waals surface area contributed by atoms with Gasteiger partial charge in [-0.2, -0.15) is 0 Å². The first-order chi connectivity index (χ1) is 11.6. The van der Waals surface area contributed by atoms with Crippen molar-refractivity contribution in [2.24, 2.45) is 0 Å². The molecule has 24 heavy (non-hydrogen) atoms. The van der Waals surface area contributed by atoms with Gasteiger partial charge in [0.25, 0.3) is 0 Å². The molecule has 0 saturated carbocycles. The SMILES string of the molecule is C=CC(=O)N1CCOCC1c1cc(Cl)cc(-c2cncc(N)n2)c1. The molecule has 1 aliphatic heterocycles. The summed E-state index contributed by atoms with van der Waals surface area (Å²) in [4.78, 5) is 22.2. The van der Waals surface area contributed by atoms with Crippen LogP contribution in [0.15, 0.2) is 43.2 Å². The van der Waals surface area contributed by atoms with Crippen molar-refractivity contribution in [1.29, 1.82) is 0 Å². The van der Waals surface area contributed by atoms with Gasteiger partial charge in [0, 0.05) is 17.1 Å². The molecular formula is C17H17ClN4O2. The van der Waals surface area contributed by atoms with E-state index in [0.29, 0.717) is 36.3 Å². The van der Waals surface area contributed by atoms with Crippen LogP contribution in [0.25, 0.3) is 11.3 Å². The number of hydrogen-bond acceptors (Lipinski definition) is 5. The Hall–Kier alpha value is -2.44. The zero-order valence-electron chi connectivity index (χ0n) is 13.0. The van der Waals surface area contributed by atoms with Gasteiger partial charge in [0.05, 0.1) is 37.3 Å². The minimum atomic E-state index is -0.226. The number of hydrogen-bond donors (Lipinski definition) is 1. The lowest BCUT2D eigenvalue weighted by atomic mass is 10.0. The largest absolute Gasteiger partial charge is 0.382 e. The Morgan fingerprint density at radius 3 is 3.00 bits per heavy atom. The van der Waals surface area contributed by atoms with Crippen LogP contribution in [0.5, 0.6) is 0 Å². The monoisotopic (exact) mass is 344 g/mol. The number of amides is 1. The highest BCUT2D eigenvalue weighted by Gasteiger charge is 2.27. The van der Waals surface area contributed by atoms with Crippen molar-refractivity contribution in [3.8, 4) is 11.3 Å². The van der Waals surface area contributed by atoms with Crippen molar-refractivity contribution >= 4 is 23.3 Å². The molecule has 0 radical (unpaired) electrons. The van der Waals surface area contributed by atoms with E-state index in [0.717, 1.165) is 11.1 Å². The third kappa shape index (κ3) is 3.39. The number of anilines is 1. The van der Waals surface area contributed by atoms with Gasteiger partial charge in [-0.1, -0.05) is 18.2 Å². The number of rotatable bonds is 3. The van der Waals surface area contributed by atoms with Gasteiger partial charge in [-0.15, -0.1) is 0 Å². The van der Waals surface area contributed by atoms with Gasteiger partial charge in [0.15, 0.2) is 0 Å². The quantitative estimate of drug-likeness (QED) is 0.865. The number of carbonyl (C=O) groups is 1. The average Bonchev–Trinajstić information content (AvgIpc) is 2.60. The summed E-state index contributed by atoms with van der Waals surface area (Å²) >= 11 is 6.28. The first-order valence-electron chi connectivity index (χ1n) is 7.47. The Bertz CT molecular complexity index is 781. The van der Waals surface area contributed by atoms with Crippen molar-refractivity contribution in [3.05, 3.63) is 53.8 Å². The van der Waals surface area contributed by atoms with Crippen molar-refractivity contribution in [3.63, 3.8) is 0 Å². The molecule has 2 N–H and O–H groups in total. The van der Waals surface area contributed by atoms with E-state index < -0.39 is 0 Å². The second kappa shape index (κ2) is 6.98. The highest BCUT2D eigenvalue weighted by molar-refractivity contribution is 6.31. The molecule has 1 amide bonds. The Morgan fingerprint density at radius 1 is 1.42 bits per heavy atom. The lowest BCUT2D eigenvalue weighted by molar-refractivity contribution is -0.134. The van der Waals surface area contributed by atoms with Crippen molar-refractivity contribution < 1.29 is 9.53 Å². The van der Waals surface area contributed by atoms with Crippen LogP contribution in [0.1, 0.15) is 11.6 Å². The van der Waals surface area contributed by atoms with Crippen LogP contribution < -0.4 is 5.73 Å². The molecule has 1 unspecified atom stereocenters. The number of aromatic nitrogens is 2. The van der Waals surface area contributed by atoms with Gasteiger partial charge in [0.1, 0.15) is 5.82 Å². The van der Waals surface area contributed by atoms with Gasteiger partial charge >= 0.3 is 0 Å². The molecule has 1 aromatic heterocycles. The molecule has 1 saturated heterocycles. The summed E-state index contributed by atoms with van der Waals surface area (Å²) in [5.41, 5.74) is 7.98. The fraction of sp³-hybridized carbons (Fsp3) is 0.235. The summed E-state index contributed by atoms with van der Waals surface area (Å²) in [5.74, 6) is 0.201.